The highest BCUT2D eigenvalue weighted by molar-refractivity contribution is 6.10. The van der Waals surface area contributed by atoms with Gasteiger partial charge in [-0.3, -0.25) is 4.79 Å². The van der Waals surface area contributed by atoms with E-state index in [4.69, 9.17) is 0 Å². The van der Waals surface area contributed by atoms with Gasteiger partial charge in [-0.2, -0.15) is 0 Å². The number of phenols is 1. The molecular weight excluding hydrogens is 350 g/mol. The van der Waals surface area contributed by atoms with Crippen molar-refractivity contribution in [3.05, 3.63) is 90.0 Å². The molecule has 3 aromatic carbocycles. The number of imidazole rings is 1. The number of pyridine rings is 1. The van der Waals surface area contributed by atoms with Crippen molar-refractivity contribution in [1.82, 2.24) is 15.0 Å². The van der Waals surface area contributed by atoms with Crippen molar-refractivity contribution >= 4 is 27.7 Å². The van der Waals surface area contributed by atoms with Gasteiger partial charge in [-0.1, -0.05) is 48.5 Å². The van der Waals surface area contributed by atoms with Gasteiger partial charge in [0.1, 0.15) is 17.0 Å². The summed E-state index contributed by atoms with van der Waals surface area (Å²) in [5.74, 6) is 0.683. The summed E-state index contributed by atoms with van der Waals surface area (Å²) in [5.41, 5.74) is 3.91. The smallest absolute Gasteiger partial charge is 0.193 e. The lowest BCUT2D eigenvalue weighted by atomic mass is 10.0. The number of benzene rings is 3. The van der Waals surface area contributed by atoms with Crippen molar-refractivity contribution in [2.75, 3.05) is 0 Å². The molecule has 0 spiro atoms. The number of phenolic OH excluding ortho intramolecular Hbond substituents is 1. The van der Waals surface area contributed by atoms with E-state index in [0.29, 0.717) is 28.2 Å². The number of nitrogens with one attached hydrogen (secondary N) is 1. The molecule has 0 aliphatic heterocycles. The molecule has 0 fully saturated rings. The van der Waals surface area contributed by atoms with Crippen molar-refractivity contribution in [3.8, 4) is 17.3 Å². The lowest BCUT2D eigenvalue weighted by Gasteiger charge is -2.02. The first-order valence-electron chi connectivity index (χ1n) is 8.88. The minimum absolute atomic E-state index is 0.0348. The van der Waals surface area contributed by atoms with E-state index in [-0.39, 0.29) is 11.5 Å². The van der Waals surface area contributed by atoms with Gasteiger partial charge >= 0.3 is 0 Å². The molecule has 5 heteroatoms. The quantitative estimate of drug-likeness (QED) is 0.454. The molecule has 0 bridgehead atoms. The number of para-hydroxylation sites is 1. The first kappa shape index (κ1) is 16.2. The van der Waals surface area contributed by atoms with Gasteiger partial charge in [-0.05, 0) is 30.3 Å². The molecule has 0 saturated heterocycles. The zero-order valence-electron chi connectivity index (χ0n) is 14.8. The SMILES string of the molecule is O=C(c1ccccc1)c1ccc2nc(-c3ccc4cccc(O)c4n3)[nH]c2c1. The number of hydrogen-bond donors (Lipinski definition) is 2. The standard InChI is InChI=1S/C23H15N3O2/c27-20-8-4-7-14-9-12-18(24-21(14)20)23-25-17-11-10-16(13-19(17)26-23)22(28)15-5-2-1-3-6-15/h1-13,27H,(H,25,26). The van der Waals surface area contributed by atoms with Gasteiger partial charge in [0.05, 0.1) is 11.0 Å². The van der Waals surface area contributed by atoms with Gasteiger partial charge in [0, 0.05) is 16.5 Å². The second-order valence-corrected chi connectivity index (χ2v) is 6.56. The van der Waals surface area contributed by atoms with Crippen LogP contribution < -0.4 is 0 Å². The van der Waals surface area contributed by atoms with Crippen LogP contribution in [0.15, 0.2) is 78.9 Å². The first-order chi connectivity index (χ1) is 13.7. The molecule has 0 aliphatic rings. The van der Waals surface area contributed by atoms with Crippen LogP contribution in [0.5, 0.6) is 5.75 Å². The number of fused-ring (bicyclic) bond motifs is 2. The lowest BCUT2D eigenvalue weighted by molar-refractivity contribution is 0.103. The fourth-order valence-electron chi connectivity index (χ4n) is 3.29. The van der Waals surface area contributed by atoms with Crippen LogP contribution in [-0.2, 0) is 0 Å². The van der Waals surface area contributed by atoms with Gasteiger partial charge in [-0.25, -0.2) is 9.97 Å². The van der Waals surface area contributed by atoms with Crippen LogP contribution in [0.25, 0.3) is 33.5 Å². The van der Waals surface area contributed by atoms with Gasteiger partial charge in [0.25, 0.3) is 0 Å². The van der Waals surface area contributed by atoms with Crippen LogP contribution >= 0.6 is 0 Å². The molecule has 0 atom stereocenters. The molecular formula is C23H15N3O2. The van der Waals surface area contributed by atoms with Gasteiger partial charge in [-0.15, -0.1) is 0 Å². The Kier molecular flexibility index (Phi) is 3.66. The number of aromatic amines is 1. The Morgan fingerprint density at radius 3 is 2.54 bits per heavy atom. The molecule has 28 heavy (non-hydrogen) atoms. The third kappa shape index (κ3) is 2.70. The number of aromatic nitrogens is 3. The van der Waals surface area contributed by atoms with Gasteiger partial charge < -0.3 is 10.1 Å². The highest BCUT2D eigenvalue weighted by Crippen LogP contribution is 2.27. The Labute approximate surface area is 160 Å². The van der Waals surface area contributed by atoms with E-state index in [0.717, 1.165) is 16.4 Å². The van der Waals surface area contributed by atoms with Gasteiger partial charge in [0.2, 0.25) is 0 Å². The van der Waals surface area contributed by atoms with E-state index in [1.54, 1.807) is 36.4 Å². The Balaban J connectivity index is 1.57. The maximum Gasteiger partial charge on any atom is 0.193 e. The maximum atomic E-state index is 12.7. The third-order valence-electron chi connectivity index (χ3n) is 4.72. The van der Waals surface area contributed by atoms with Crippen molar-refractivity contribution in [1.29, 1.82) is 0 Å². The number of carbonyl (C=O) groups excluding carboxylic acids is 1. The third-order valence-corrected chi connectivity index (χ3v) is 4.72. The fraction of sp³-hybridized carbons (Fsp3) is 0. The number of aromatic hydroxyl groups is 1. The Morgan fingerprint density at radius 2 is 1.68 bits per heavy atom. The predicted molar refractivity (Wildman–Crippen MR) is 108 cm³/mol. The van der Waals surface area contributed by atoms with Crippen LogP contribution in [0.3, 0.4) is 0 Å². The molecule has 2 aromatic heterocycles. The molecule has 0 saturated carbocycles. The number of rotatable bonds is 3. The summed E-state index contributed by atoms with van der Waals surface area (Å²) in [7, 11) is 0. The summed E-state index contributed by atoms with van der Waals surface area (Å²) < 4.78 is 0. The monoisotopic (exact) mass is 365 g/mol. The van der Waals surface area contributed by atoms with Crippen molar-refractivity contribution in [3.63, 3.8) is 0 Å². The number of carbonyl (C=O) groups is 1. The van der Waals surface area contributed by atoms with Crippen LogP contribution in [0.1, 0.15) is 15.9 Å². The van der Waals surface area contributed by atoms with Gasteiger partial charge in [0.15, 0.2) is 11.6 Å². The second-order valence-electron chi connectivity index (χ2n) is 6.56. The predicted octanol–water partition coefficient (Wildman–Crippen LogP) is 4.71. The van der Waals surface area contributed by atoms with E-state index in [2.05, 4.69) is 15.0 Å². The Hall–Kier alpha value is -3.99. The zero-order chi connectivity index (χ0) is 19.1. The second kappa shape index (κ2) is 6.32. The highest BCUT2D eigenvalue weighted by atomic mass is 16.3. The summed E-state index contributed by atoms with van der Waals surface area (Å²) >= 11 is 0. The van der Waals surface area contributed by atoms with Crippen molar-refractivity contribution in [2.24, 2.45) is 0 Å². The maximum absolute atomic E-state index is 12.7. The van der Waals surface area contributed by atoms with Crippen molar-refractivity contribution < 1.29 is 9.90 Å². The molecule has 0 unspecified atom stereocenters. The number of nitrogens with zero attached hydrogens (tertiary/aromatic N) is 2. The molecule has 0 amide bonds. The normalized spacial score (nSPS) is 11.1. The topological polar surface area (TPSA) is 78.9 Å². The Bertz CT molecular complexity index is 1340. The molecule has 0 radical (unpaired) electrons. The molecule has 2 heterocycles. The Morgan fingerprint density at radius 1 is 0.821 bits per heavy atom. The number of H-pyrrole nitrogens is 1. The largest absolute Gasteiger partial charge is 0.506 e. The highest BCUT2D eigenvalue weighted by Gasteiger charge is 2.13. The number of ketones is 1. The number of hydrogen-bond acceptors (Lipinski definition) is 4. The fourth-order valence-corrected chi connectivity index (χ4v) is 3.29. The summed E-state index contributed by atoms with van der Waals surface area (Å²) in [5, 5.41) is 10.9. The lowest BCUT2D eigenvalue weighted by Crippen LogP contribution is -2.00. The zero-order valence-corrected chi connectivity index (χ0v) is 14.8. The molecule has 5 nitrogen and oxygen atoms in total. The average Bonchev–Trinajstić information content (AvgIpc) is 3.17. The molecule has 5 aromatic rings. The average molecular weight is 365 g/mol. The van der Waals surface area contributed by atoms with E-state index >= 15 is 0 Å². The van der Waals surface area contributed by atoms with E-state index < -0.39 is 0 Å². The van der Waals surface area contributed by atoms with Crippen LogP contribution in [0.4, 0.5) is 0 Å². The van der Waals surface area contributed by atoms with E-state index in [1.807, 2.05) is 42.5 Å². The summed E-state index contributed by atoms with van der Waals surface area (Å²) in [6.45, 7) is 0. The van der Waals surface area contributed by atoms with E-state index in [1.165, 1.54) is 0 Å². The van der Waals surface area contributed by atoms with Crippen molar-refractivity contribution in [2.45, 2.75) is 0 Å². The first-order valence-corrected chi connectivity index (χ1v) is 8.88. The van der Waals surface area contributed by atoms with E-state index in [9.17, 15) is 9.90 Å². The molecule has 5 rings (SSSR count). The van der Waals surface area contributed by atoms with Crippen LogP contribution in [0.2, 0.25) is 0 Å². The summed E-state index contributed by atoms with van der Waals surface area (Å²) in [6, 6.07) is 23.6. The summed E-state index contributed by atoms with van der Waals surface area (Å²) in [4.78, 5) is 25.0. The minimum atomic E-state index is -0.0348. The van der Waals surface area contributed by atoms with Crippen LogP contribution in [-0.4, -0.2) is 25.8 Å². The summed E-state index contributed by atoms with van der Waals surface area (Å²) in [6.07, 6.45) is 0. The minimum Gasteiger partial charge on any atom is -0.506 e. The molecule has 134 valence electrons. The molecule has 2 N–H and O–H groups in total. The molecule has 0 aliphatic carbocycles. The van der Waals surface area contributed by atoms with Crippen LogP contribution in [0, 0.1) is 0 Å².